The van der Waals surface area contributed by atoms with Crippen LogP contribution in [0.5, 0.6) is 0 Å². The molecule has 8 heteroatoms. The quantitative estimate of drug-likeness (QED) is 0.688. The van der Waals surface area contributed by atoms with E-state index in [1.165, 1.54) is 12.8 Å². The summed E-state index contributed by atoms with van der Waals surface area (Å²) in [6, 6.07) is 9.86. The molecule has 0 bridgehead atoms. The fourth-order valence-electron chi connectivity index (χ4n) is 5.85. The van der Waals surface area contributed by atoms with Gasteiger partial charge in [-0.15, -0.1) is 0 Å². The molecule has 3 fully saturated rings. The molecule has 180 valence electrons. The SMILES string of the molecule is CCC1CCCCN1S(=O)(=O)c1ccc2nc(NC[C@@]3(C)COC[C@H]4CCCN43)ccc2c1. The van der Waals surface area contributed by atoms with Crippen LogP contribution in [0.4, 0.5) is 5.82 Å². The average Bonchev–Trinajstić information content (AvgIpc) is 3.33. The Bertz CT molecular complexity index is 1110. The topological polar surface area (TPSA) is 74.8 Å². The van der Waals surface area contributed by atoms with E-state index >= 15 is 0 Å². The number of anilines is 1. The molecule has 4 heterocycles. The van der Waals surface area contributed by atoms with E-state index in [0.29, 0.717) is 17.5 Å². The third kappa shape index (κ3) is 4.38. The summed E-state index contributed by atoms with van der Waals surface area (Å²) in [7, 11) is -3.50. The molecule has 1 aromatic carbocycles. The predicted molar refractivity (Wildman–Crippen MR) is 131 cm³/mol. The van der Waals surface area contributed by atoms with E-state index in [1.54, 1.807) is 16.4 Å². The van der Waals surface area contributed by atoms with Gasteiger partial charge >= 0.3 is 0 Å². The summed E-state index contributed by atoms with van der Waals surface area (Å²) >= 11 is 0. The molecule has 3 saturated heterocycles. The maximum atomic E-state index is 13.3. The van der Waals surface area contributed by atoms with Crippen LogP contribution in [0.25, 0.3) is 10.9 Å². The lowest BCUT2D eigenvalue weighted by molar-refractivity contribution is -0.0732. The van der Waals surface area contributed by atoms with Crippen molar-refractivity contribution < 1.29 is 13.2 Å². The first-order valence-electron chi connectivity index (χ1n) is 12.4. The Morgan fingerprint density at radius 3 is 2.88 bits per heavy atom. The van der Waals surface area contributed by atoms with Gasteiger partial charge in [0.2, 0.25) is 10.0 Å². The van der Waals surface area contributed by atoms with Gasteiger partial charge in [-0.3, -0.25) is 4.90 Å². The summed E-state index contributed by atoms with van der Waals surface area (Å²) in [6.07, 6.45) is 6.28. The number of piperidine rings is 1. The smallest absolute Gasteiger partial charge is 0.243 e. The molecule has 3 aliphatic heterocycles. The lowest BCUT2D eigenvalue weighted by atomic mass is 9.97. The highest BCUT2D eigenvalue weighted by Gasteiger charge is 2.42. The lowest BCUT2D eigenvalue weighted by Crippen LogP contribution is -2.60. The first-order chi connectivity index (χ1) is 15.9. The van der Waals surface area contributed by atoms with Gasteiger partial charge in [-0.1, -0.05) is 13.3 Å². The third-order valence-corrected chi connectivity index (χ3v) is 9.70. The van der Waals surface area contributed by atoms with Crippen molar-refractivity contribution in [2.45, 2.75) is 74.9 Å². The Hall–Kier alpha value is -1.74. The van der Waals surface area contributed by atoms with E-state index in [1.807, 2.05) is 18.2 Å². The number of hydrogen-bond donors (Lipinski definition) is 1. The van der Waals surface area contributed by atoms with Crippen LogP contribution >= 0.6 is 0 Å². The highest BCUT2D eigenvalue weighted by Crippen LogP contribution is 2.32. The van der Waals surface area contributed by atoms with E-state index in [4.69, 9.17) is 9.72 Å². The molecule has 0 amide bonds. The van der Waals surface area contributed by atoms with Crippen molar-refractivity contribution in [1.29, 1.82) is 0 Å². The number of rotatable bonds is 6. The van der Waals surface area contributed by atoms with Gasteiger partial charge in [-0.05, 0) is 75.9 Å². The van der Waals surface area contributed by atoms with E-state index in [0.717, 1.165) is 68.7 Å². The predicted octanol–water partition coefficient (Wildman–Crippen LogP) is 3.85. The van der Waals surface area contributed by atoms with Crippen LogP contribution < -0.4 is 5.32 Å². The summed E-state index contributed by atoms with van der Waals surface area (Å²) in [4.78, 5) is 7.72. The zero-order valence-corrected chi connectivity index (χ0v) is 20.6. The van der Waals surface area contributed by atoms with E-state index < -0.39 is 10.0 Å². The van der Waals surface area contributed by atoms with Crippen LogP contribution in [0.1, 0.15) is 52.4 Å². The summed E-state index contributed by atoms with van der Waals surface area (Å²) in [6.45, 7) is 8.40. The van der Waals surface area contributed by atoms with Crippen molar-refractivity contribution in [1.82, 2.24) is 14.2 Å². The van der Waals surface area contributed by atoms with E-state index in [2.05, 4.69) is 24.1 Å². The van der Waals surface area contributed by atoms with Crippen LogP contribution in [-0.4, -0.2) is 73.1 Å². The number of nitrogens with one attached hydrogen (secondary N) is 1. The number of hydrogen-bond acceptors (Lipinski definition) is 6. The summed E-state index contributed by atoms with van der Waals surface area (Å²) < 4.78 is 34.3. The van der Waals surface area contributed by atoms with Crippen molar-refractivity contribution in [3.63, 3.8) is 0 Å². The van der Waals surface area contributed by atoms with Gasteiger partial charge in [0, 0.05) is 30.6 Å². The van der Waals surface area contributed by atoms with Crippen LogP contribution in [0.3, 0.4) is 0 Å². The molecular weight excluding hydrogens is 436 g/mol. The molecule has 0 saturated carbocycles. The maximum Gasteiger partial charge on any atom is 0.243 e. The van der Waals surface area contributed by atoms with E-state index in [9.17, 15) is 8.42 Å². The van der Waals surface area contributed by atoms with Crippen molar-refractivity contribution in [3.05, 3.63) is 30.3 Å². The first kappa shape index (κ1) is 23.0. The number of ether oxygens (including phenoxy) is 1. The standard InChI is InChI=1S/C25H36N4O3S/c1-3-20-7-4-5-14-29(20)33(30,31)22-10-11-23-19(15-22)9-12-24(27-23)26-17-25(2)18-32-16-21-8-6-13-28(21)25/h9-12,15,20-21H,3-8,13-14,16-18H2,1-2H3,(H,26,27)/t20?,21-,25+/m1/s1. The Morgan fingerprint density at radius 1 is 1.15 bits per heavy atom. The fourth-order valence-corrected chi connectivity index (χ4v) is 7.65. The van der Waals surface area contributed by atoms with Crippen molar-refractivity contribution in [2.75, 3.05) is 38.2 Å². The number of nitrogens with zero attached hydrogens (tertiary/aromatic N) is 3. The largest absolute Gasteiger partial charge is 0.378 e. The number of sulfonamides is 1. The maximum absolute atomic E-state index is 13.3. The Morgan fingerprint density at radius 2 is 2.03 bits per heavy atom. The first-order valence-corrected chi connectivity index (χ1v) is 13.9. The highest BCUT2D eigenvalue weighted by molar-refractivity contribution is 7.89. The molecule has 3 atom stereocenters. The second kappa shape index (κ2) is 9.13. The zero-order valence-electron chi connectivity index (χ0n) is 19.8. The Labute approximate surface area is 197 Å². The van der Waals surface area contributed by atoms with Crippen LogP contribution in [-0.2, 0) is 14.8 Å². The minimum atomic E-state index is -3.50. The Kier molecular flexibility index (Phi) is 6.37. The molecular formula is C25H36N4O3S. The molecule has 0 radical (unpaired) electrons. The fraction of sp³-hybridized carbons (Fsp3) is 0.640. The van der Waals surface area contributed by atoms with Gasteiger partial charge < -0.3 is 10.1 Å². The monoisotopic (exact) mass is 472 g/mol. The van der Waals surface area contributed by atoms with Crippen LogP contribution in [0, 0.1) is 0 Å². The minimum Gasteiger partial charge on any atom is -0.378 e. The third-order valence-electron chi connectivity index (χ3n) is 7.76. The lowest BCUT2D eigenvalue weighted by Gasteiger charge is -2.46. The van der Waals surface area contributed by atoms with Crippen LogP contribution in [0.15, 0.2) is 35.2 Å². The normalized spacial score (nSPS) is 29.3. The number of pyridine rings is 1. The molecule has 1 unspecified atom stereocenters. The van der Waals surface area contributed by atoms with Gasteiger partial charge in [0.15, 0.2) is 0 Å². The van der Waals surface area contributed by atoms with Gasteiger partial charge in [-0.2, -0.15) is 4.31 Å². The molecule has 33 heavy (non-hydrogen) atoms. The van der Waals surface area contributed by atoms with Crippen molar-refractivity contribution in [2.24, 2.45) is 0 Å². The van der Waals surface area contributed by atoms with Gasteiger partial charge in [-0.25, -0.2) is 13.4 Å². The summed E-state index contributed by atoms with van der Waals surface area (Å²) in [5.41, 5.74) is 0.756. The highest BCUT2D eigenvalue weighted by atomic mass is 32.2. The van der Waals surface area contributed by atoms with Gasteiger partial charge in [0.1, 0.15) is 5.82 Å². The molecule has 0 spiro atoms. The zero-order chi connectivity index (χ0) is 23.1. The number of aromatic nitrogens is 1. The van der Waals surface area contributed by atoms with Crippen LogP contribution in [0.2, 0.25) is 0 Å². The Balaban J connectivity index is 1.33. The number of fused-ring (bicyclic) bond motifs is 2. The molecule has 3 aliphatic rings. The number of morpholine rings is 1. The summed E-state index contributed by atoms with van der Waals surface area (Å²) in [5, 5.41) is 4.36. The second-order valence-electron chi connectivity index (χ2n) is 10.1. The second-order valence-corrected chi connectivity index (χ2v) is 12.0. The van der Waals surface area contributed by atoms with E-state index in [-0.39, 0.29) is 11.6 Å². The molecule has 2 aromatic rings. The number of benzene rings is 1. The van der Waals surface area contributed by atoms with Gasteiger partial charge in [0.05, 0.1) is 29.2 Å². The molecule has 7 nitrogen and oxygen atoms in total. The molecule has 5 rings (SSSR count). The van der Waals surface area contributed by atoms with Crippen molar-refractivity contribution in [3.8, 4) is 0 Å². The minimum absolute atomic E-state index is 0.0434. The average molecular weight is 473 g/mol. The van der Waals surface area contributed by atoms with Gasteiger partial charge in [0.25, 0.3) is 0 Å². The molecule has 0 aliphatic carbocycles. The summed E-state index contributed by atoms with van der Waals surface area (Å²) in [5.74, 6) is 0.808. The van der Waals surface area contributed by atoms with Crippen molar-refractivity contribution >= 4 is 26.7 Å². The molecule has 1 aromatic heterocycles. The molecule has 1 N–H and O–H groups in total.